The van der Waals surface area contributed by atoms with Gasteiger partial charge in [0.05, 0.1) is 7.11 Å². The number of aromatic hydroxyl groups is 1. The molecule has 0 heterocycles. The second-order valence-corrected chi connectivity index (χ2v) is 4.21. The molecule has 0 amide bonds. The van der Waals surface area contributed by atoms with Crippen LogP contribution >= 0.6 is 0 Å². The fraction of sp³-hybridized carbons (Fsp3) is 0.125. The zero-order valence-electron chi connectivity index (χ0n) is 10.6. The van der Waals surface area contributed by atoms with Gasteiger partial charge in [0, 0.05) is 6.07 Å². The fourth-order valence-electron chi connectivity index (χ4n) is 1.69. The van der Waals surface area contributed by atoms with E-state index in [0.29, 0.717) is 5.75 Å². The molecule has 0 radical (unpaired) electrons. The molecule has 2 aromatic carbocycles. The third kappa shape index (κ3) is 3.14. The van der Waals surface area contributed by atoms with E-state index in [4.69, 9.17) is 4.74 Å². The van der Waals surface area contributed by atoms with Crippen LogP contribution in [0.4, 0.5) is 0 Å². The zero-order chi connectivity index (χ0) is 13.0. The van der Waals surface area contributed by atoms with Crippen LogP contribution in [0.2, 0.25) is 0 Å². The second kappa shape index (κ2) is 5.41. The fourth-order valence-corrected chi connectivity index (χ4v) is 1.69. The van der Waals surface area contributed by atoms with Crippen LogP contribution in [0, 0.1) is 6.92 Å². The molecule has 0 aliphatic carbocycles. The average Bonchev–Trinajstić information content (AvgIpc) is 2.37. The smallest absolute Gasteiger partial charge is 0.123 e. The van der Waals surface area contributed by atoms with Gasteiger partial charge in [0.15, 0.2) is 0 Å². The van der Waals surface area contributed by atoms with Crippen molar-refractivity contribution in [3.05, 3.63) is 59.2 Å². The molecule has 18 heavy (non-hydrogen) atoms. The van der Waals surface area contributed by atoms with Crippen LogP contribution in [0.3, 0.4) is 0 Å². The number of methoxy groups -OCH3 is 1. The van der Waals surface area contributed by atoms with Crippen molar-refractivity contribution < 1.29 is 9.84 Å². The summed E-state index contributed by atoms with van der Waals surface area (Å²) in [4.78, 5) is 0. The van der Waals surface area contributed by atoms with Gasteiger partial charge in [-0.3, -0.25) is 0 Å². The predicted molar refractivity (Wildman–Crippen MR) is 74.8 cm³/mol. The Balaban J connectivity index is 2.22. The molecule has 2 aromatic rings. The van der Waals surface area contributed by atoms with Gasteiger partial charge in [0.25, 0.3) is 0 Å². The van der Waals surface area contributed by atoms with Crippen molar-refractivity contribution in [2.75, 3.05) is 7.11 Å². The van der Waals surface area contributed by atoms with Gasteiger partial charge in [0.2, 0.25) is 0 Å². The van der Waals surface area contributed by atoms with Crippen LogP contribution in [0.5, 0.6) is 11.5 Å². The van der Waals surface area contributed by atoms with Crippen molar-refractivity contribution in [2.24, 2.45) is 0 Å². The summed E-state index contributed by atoms with van der Waals surface area (Å²) < 4.78 is 5.11. The molecule has 0 atom stereocenters. The van der Waals surface area contributed by atoms with E-state index in [1.165, 1.54) is 5.56 Å². The van der Waals surface area contributed by atoms with Crippen LogP contribution in [0.25, 0.3) is 12.2 Å². The van der Waals surface area contributed by atoms with Crippen molar-refractivity contribution in [1.29, 1.82) is 0 Å². The van der Waals surface area contributed by atoms with Crippen LogP contribution in [-0.2, 0) is 0 Å². The molecule has 92 valence electrons. The molecule has 0 aromatic heterocycles. The van der Waals surface area contributed by atoms with Crippen LogP contribution in [0.15, 0.2) is 42.5 Å². The van der Waals surface area contributed by atoms with Crippen LogP contribution < -0.4 is 4.74 Å². The Hall–Kier alpha value is -2.22. The summed E-state index contributed by atoms with van der Waals surface area (Å²) in [5.74, 6) is 0.858. The third-order valence-electron chi connectivity index (χ3n) is 2.69. The predicted octanol–water partition coefficient (Wildman–Crippen LogP) is 3.88. The highest BCUT2D eigenvalue weighted by Gasteiger charge is 1.97. The summed E-state index contributed by atoms with van der Waals surface area (Å²) >= 11 is 0. The van der Waals surface area contributed by atoms with E-state index in [0.717, 1.165) is 11.1 Å². The number of benzene rings is 2. The molecule has 0 unspecified atom stereocenters. The molecule has 2 heteroatoms. The molecule has 0 aliphatic heterocycles. The van der Waals surface area contributed by atoms with Crippen molar-refractivity contribution in [1.82, 2.24) is 0 Å². The van der Waals surface area contributed by atoms with Gasteiger partial charge in [-0.2, -0.15) is 0 Å². The van der Waals surface area contributed by atoms with Crippen molar-refractivity contribution in [3.63, 3.8) is 0 Å². The molecule has 0 aliphatic rings. The first-order valence-corrected chi connectivity index (χ1v) is 5.80. The van der Waals surface area contributed by atoms with E-state index in [2.05, 4.69) is 31.2 Å². The summed E-state index contributed by atoms with van der Waals surface area (Å²) in [6.45, 7) is 2.06. The Morgan fingerprint density at radius 3 is 2.28 bits per heavy atom. The van der Waals surface area contributed by atoms with E-state index >= 15 is 0 Å². The molecule has 1 N–H and O–H groups in total. The van der Waals surface area contributed by atoms with Gasteiger partial charge in [-0.15, -0.1) is 0 Å². The zero-order valence-corrected chi connectivity index (χ0v) is 10.6. The third-order valence-corrected chi connectivity index (χ3v) is 2.69. The Kier molecular flexibility index (Phi) is 3.68. The molecule has 2 rings (SSSR count). The SMILES string of the molecule is COc1cc(O)cc(/C=C/c2ccc(C)cc2)c1. The average molecular weight is 240 g/mol. The Morgan fingerprint density at radius 1 is 0.944 bits per heavy atom. The summed E-state index contributed by atoms with van der Waals surface area (Å²) in [5, 5.41) is 9.54. The lowest BCUT2D eigenvalue weighted by Crippen LogP contribution is -1.83. The van der Waals surface area contributed by atoms with E-state index in [1.807, 2.05) is 18.2 Å². The highest BCUT2D eigenvalue weighted by molar-refractivity contribution is 5.71. The number of ether oxygens (including phenoxy) is 1. The van der Waals surface area contributed by atoms with E-state index < -0.39 is 0 Å². The highest BCUT2D eigenvalue weighted by atomic mass is 16.5. The van der Waals surface area contributed by atoms with Gasteiger partial charge >= 0.3 is 0 Å². The summed E-state index contributed by atoms with van der Waals surface area (Å²) in [5.41, 5.74) is 3.28. The molecule has 0 bridgehead atoms. The lowest BCUT2D eigenvalue weighted by Gasteiger charge is -2.02. The van der Waals surface area contributed by atoms with E-state index in [-0.39, 0.29) is 5.75 Å². The van der Waals surface area contributed by atoms with Crippen LogP contribution in [0.1, 0.15) is 16.7 Å². The van der Waals surface area contributed by atoms with Gasteiger partial charge in [-0.25, -0.2) is 0 Å². The summed E-state index contributed by atoms with van der Waals surface area (Å²) in [7, 11) is 1.59. The number of hydrogen-bond donors (Lipinski definition) is 1. The standard InChI is InChI=1S/C16H16O2/c1-12-3-5-13(6-4-12)7-8-14-9-15(17)11-16(10-14)18-2/h3-11,17H,1-2H3/b8-7+. The van der Waals surface area contributed by atoms with Crippen molar-refractivity contribution >= 4 is 12.2 Å². The number of phenols is 1. The topological polar surface area (TPSA) is 29.5 Å². The molecular weight excluding hydrogens is 224 g/mol. The normalized spacial score (nSPS) is 10.8. The lowest BCUT2D eigenvalue weighted by atomic mass is 10.1. The Bertz CT molecular complexity index is 554. The van der Waals surface area contributed by atoms with Gasteiger partial charge in [0.1, 0.15) is 11.5 Å². The molecule has 0 spiro atoms. The lowest BCUT2D eigenvalue weighted by molar-refractivity contribution is 0.407. The molecular formula is C16H16O2. The van der Waals surface area contributed by atoms with Gasteiger partial charge in [-0.05, 0) is 30.2 Å². The number of aryl methyl sites for hydroxylation is 1. The molecule has 0 saturated carbocycles. The number of phenolic OH excluding ortho intramolecular Hbond substituents is 1. The van der Waals surface area contributed by atoms with E-state index in [1.54, 1.807) is 19.2 Å². The second-order valence-electron chi connectivity index (χ2n) is 4.21. The van der Waals surface area contributed by atoms with Crippen LogP contribution in [-0.4, -0.2) is 12.2 Å². The number of rotatable bonds is 3. The Morgan fingerprint density at radius 2 is 1.61 bits per heavy atom. The maximum Gasteiger partial charge on any atom is 0.123 e. The van der Waals surface area contributed by atoms with E-state index in [9.17, 15) is 5.11 Å². The van der Waals surface area contributed by atoms with Gasteiger partial charge < -0.3 is 9.84 Å². The van der Waals surface area contributed by atoms with Gasteiger partial charge in [-0.1, -0.05) is 42.0 Å². The van der Waals surface area contributed by atoms with Crippen molar-refractivity contribution in [3.8, 4) is 11.5 Å². The molecule has 2 nitrogen and oxygen atoms in total. The van der Waals surface area contributed by atoms with Crippen molar-refractivity contribution in [2.45, 2.75) is 6.92 Å². The number of hydrogen-bond acceptors (Lipinski definition) is 2. The maximum absolute atomic E-state index is 9.54. The molecule has 0 saturated heterocycles. The molecule has 0 fully saturated rings. The highest BCUT2D eigenvalue weighted by Crippen LogP contribution is 2.22. The first-order valence-electron chi connectivity index (χ1n) is 5.80. The minimum absolute atomic E-state index is 0.206. The maximum atomic E-state index is 9.54. The first-order chi connectivity index (χ1) is 8.67. The summed E-state index contributed by atoms with van der Waals surface area (Å²) in [6.07, 6.45) is 3.96. The minimum atomic E-state index is 0.206. The minimum Gasteiger partial charge on any atom is -0.508 e. The first kappa shape index (κ1) is 12.2. The monoisotopic (exact) mass is 240 g/mol. The quantitative estimate of drug-likeness (QED) is 0.825. The summed E-state index contributed by atoms with van der Waals surface area (Å²) in [6, 6.07) is 13.4. The largest absolute Gasteiger partial charge is 0.508 e. The Labute approximate surface area is 107 Å².